The molecular weight excluding hydrogens is 342 g/mol. The minimum absolute atomic E-state index is 0.281. The van der Waals surface area contributed by atoms with Crippen molar-refractivity contribution in [2.24, 2.45) is 5.92 Å². The minimum atomic E-state index is -0.281. The van der Waals surface area contributed by atoms with Crippen molar-refractivity contribution >= 4 is 17.4 Å². The van der Waals surface area contributed by atoms with Crippen LogP contribution in [0.25, 0.3) is 0 Å². The number of hydrogen-bond donors (Lipinski definition) is 0. The Hall–Kier alpha value is -1.64. The van der Waals surface area contributed by atoms with Crippen molar-refractivity contribution in [1.82, 2.24) is 4.90 Å². The second kappa shape index (κ2) is 7.17. The summed E-state index contributed by atoms with van der Waals surface area (Å²) in [6.45, 7) is 4.94. The SMILES string of the molecule is CC(=O)C1(c2ccccc2)CCN(C[C@@H]2C[C@@H]2c2ccc(Cl)cc2)CC1. The largest absolute Gasteiger partial charge is 0.303 e. The summed E-state index contributed by atoms with van der Waals surface area (Å²) in [5.41, 5.74) is 2.33. The van der Waals surface area contributed by atoms with Crippen LogP contribution in [-0.4, -0.2) is 30.3 Å². The van der Waals surface area contributed by atoms with Crippen LogP contribution in [0.2, 0.25) is 5.02 Å². The first-order valence-electron chi connectivity index (χ1n) is 9.63. The van der Waals surface area contributed by atoms with Crippen LogP contribution in [0.5, 0.6) is 0 Å². The minimum Gasteiger partial charge on any atom is -0.303 e. The zero-order valence-electron chi connectivity index (χ0n) is 15.3. The van der Waals surface area contributed by atoms with Crippen molar-refractivity contribution in [3.63, 3.8) is 0 Å². The van der Waals surface area contributed by atoms with Gasteiger partial charge < -0.3 is 4.90 Å². The van der Waals surface area contributed by atoms with Gasteiger partial charge in [-0.05, 0) is 74.4 Å². The zero-order chi connectivity index (χ0) is 18.1. The molecule has 2 fully saturated rings. The molecule has 2 nitrogen and oxygen atoms in total. The summed E-state index contributed by atoms with van der Waals surface area (Å²) in [4.78, 5) is 15.1. The highest BCUT2D eigenvalue weighted by Gasteiger charge is 2.43. The molecule has 2 aromatic rings. The fourth-order valence-corrected chi connectivity index (χ4v) is 4.74. The summed E-state index contributed by atoms with van der Waals surface area (Å²) < 4.78 is 0. The lowest BCUT2D eigenvalue weighted by Crippen LogP contribution is -2.47. The van der Waals surface area contributed by atoms with Crippen LogP contribution in [0.3, 0.4) is 0 Å². The Labute approximate surface area is 161 Å². The Morgan fingerprint density at radius 3 is 2.35 bits per heavy atom. The highest BCUT2D eigenvalue weighted by Crippen LogP contribution is 2.48. The predicted molar refractivity (Wildman–Crippen MR) is 107 cm³/mol. The number of ketones is 1. The lowest BCUT2D eigenvalue weighted by Gasteiger charge is -2.40. The Balaban J connectivity index is 1.37. The maximum atomic E-state index is 12.5. The van der Waals surface area contributed by atoms with E-state index in [4.69, 9.17) is 11.6 Å². The first-order valence-corrected chi connectivity index (χ1v) is 10.0. The van der Waals surface area contributed by atoms with Gasteiger partial charge >= 0.3 is 0 Å². The molecule has 26 heavy (non-hydrogen) atoms. The number of likely N-dealkylation sites (tertiary alicyclic amines) is 1. The highest BCUT2D eigenvalue weighted by molar-refractivity contribution is 6.30. The molecule has 2 aromatic carbocycles. The fraction of sp³-hybridized carbons (Fsp3) is 0.435. The standard InChI is InChI=1S/C23H26ClNO/c1-17(26)23(20-5-3-2-4-6-20)11-13-25(14-12-23)16-19-15-22(19)18-7-9-21(24)10-8-18/h2-10,19,22H,11-16H2,1H3/t19-,22+/m0/s1. The molecule has 4 rings (SSSR count). The number of benzene rings is 2. The van der Waals surface area contributed by atoms with E-state index < -0.39 is 0 Å². The van der Waals surface area contributed by atoms with Gasteiger partial charge in [-0.15, -0.1) is 0 Å². The van der Waals surface area contributed by atoms with E-state index >= 15 is 0 Å². The molecule has 0 spiro atoms. The smallest absolute Gasteiger partial charge is 0.140 e. The van der Waals surface area contributed by atoms with Crippen molar-refractivity contribution in [2.75, 3.05) is 19.6 Å². The van der Waals surface area contributed by atoms with Crippen LogP contribution in [0.15, 0.2) is 54.6 Å². The van der Waals surface area contributed by atoms with Gasteiger partial charge in [-0.25, -0.2) is 0 Å². The molecule has 2 atom stereocenters. The molecule has 3 heteroatoms. The van der Waals surface area contributed by atoms with Crippen molar-refractivity contribution in [2.45, 2.75) is 37.5 Å². The number of Topliss-reactive ketones (excluding diaryl/α,β-unsaturated/α-hetero) is 1. The van der Waals surface area contributed by atoms with Gasteiger partial charge in [0.15, 0.2) is 0 Å². The molecule has 0 N–H and O–H groups in total. The van der Waals surface area contributed by atoms with Gasteiger partial charge in [0.1, 0.15) is 5.78 Å². The Morgan fingerprint density at radius 2 is 1.73 bits per heavy atom. The molecule has 1 saturated carbocycles. The molecule has 1 aliphatic heterocycles. The van der Waals surface area contributed by atoms with E-state index in [0.29, 0.717) is 11.7 Å². The molecule has 0 amide bonds. The van der Waals surface area contributed by atoms with Gasteiger partial charge in [-0.1, -0.05) is 54.1 Å². The van der Waals surface area contributed by atoms with Crippen LogP contribution < -0.4 is 0 Å². The molecule has 0 bridgehead atoms. The number of nitrogens with zero attached hydrogens (tertiary/aromatic N) is 1. The number of carbonyl (C=O) groups is 1. The molecule has 1 saturated heterocycles. The maximum Gasteiger partial charge on any atom is 0.140 e. The average molecular weight is 368 g/mol. The number of piperidine rings is 1. The van der Waals surface area contributed by atoms with Crippen molar-refractivity contribution < 1.29 is 4.79 Å². The Morgan fingerprint density at radius 1 is 1.08 bits per heavy atom. The van der Waals surface area contributed by atoms with E-state index in [1.165, 1.54) is 17.5 Å². The van der Waals surface area contributed by atoms with Gasteiger partial charge in [0.05, 0.1) is 5.41 Å². The van der Waals surface area contributed by atoms with E-state index in [0.717, 1.165) is 43.4 Å². The first-order chi connectivity index (χ1) is 12.6. The second-order valence-corrected chi connectivity index (χ2v) is 8.40. The molecule has 1 heterocycles. The summed E-state index contributed by atoms with van der Waals surface area (Å²) in [5, 5.41) is 0.809. The van der Waals surface area contributed by atoms with E-state index in [1.54, 1.807) is 6.92 Å². The van der Waals surface area contributed by atoms with E-state index in [9.17, 15) is 4.79 Å². The van der Waals surface area contributed by atoms with Gasteiger partial charge in [0.2, 0.25) is 0 Å². The molecule has 1 aliphatic carbocycles. The highest BCUT2D eigenvalue weighted by atomic mass is 35.5. The van der Waals surface area contributed by atoms with Gasteiger partial charge in [-0.3, -0.25) is 4.79 Å². The van der Waals surface area contributed by atoms with E-state index in [2.05, 4.69) is 29.2 Å². The van der Waals surface area contributed by atoms with Gasteiger partial charge in [-0.2, -0.15) is 0 Å². The van der Waals surface area contributed by atoms with Crippen molar-refractivity contribution in [3.8, 4) is 0 Å². The molecule has 0 radical (unpaired) electrons. The third-order valence-corrected chi connectivity index (χ3v) is 6.68. The number of rotatable bonds is 5. The fourth-order valence-electron chi connectivity index (χ4n) is 4.62. The quantitative estimate of drug-likeness (QED) is 0.735. The van der Waals surface area contributed by atoms with Crippen molar-refractivity contribution in [3.05, 3.63) is 70.7 Å². The number of hydrogen-bond acceptors (Lipinski definition) is 2. The molecule has 0 aromatic heterocycles. The van der Waals surface area contributed by atoms with Crippen LogP contribution >= 0.6 is 11.6 Å². The third kappa shape index (κ3) is 3.45. The van der Waals surface area contributed by atoms with Crippen LogP contribution in [0.4, 0.5) is 0 Å². The lowest BCUT2D eigenvalue weighted by molar-refractivity contribution is -0.124. The normalized spacial score (nSPS) is 25.0. The van der Waals surface area contributed by atoms with E-state index in [1.807, 2.05) is 30.3 Å². The Kier molecular flexibility index (Phi) is 4.90. The van der Waals surface area contributed by atoms with Crippen LogP contribution in [-0.2, 0) is 10.2 Å². The first kappa shape index (κ1) is 17.8. The maximum absolute atomic E-state index is 12.5. The van der Waals surface area contributed by atoms with Crippen LogP contribution in [0, 0.1) is 5.92 Å². The molecule has 136 valence electrons. The summed E-state index contributed by atoms with van der Waals surface area (Å²) in [7, 11) is 0. The molecular formula is C23H26ClNO. The average Bonchev–Trinajstić information content (AvgIpc) is 3.43. The number of halogens is 1. The second-order valence-electron chi connectivity index (χ2n) is 7.96. The summed E-state index contributed by atoms with van der Waals surface area (Å²) in [5.74, 6) is 1.74. The topological polar surface area (TPSA) is 20.3 Å². The predicted octanol–water partition coefficient (Wildman–Crippen LogP) is 5.07. The number of carbonyl (C=O) groups excluding carboxylic acids is 1. The summed E-state index contributed by atoms with van der Waals surface area (Å²) in [6, 6.07) is 18.7. The summed E-state index contributed by atoms with van der Waals surface area (Å²) >= 11 is 6.00. The van der Waals surface area contributed by atoms with Crippen molar-refractivity contribution in [1.29, 1.82) is 0 Å². The third-order valence-electron chi connectivity index (χ3n) is 6.42. The molecule has 2 aliphatic rings. The summed E-state index contributed by atoms with van der Waals surface area (Å²) in [6.07, 6.45) is 3.14. The Bertz CT molecular complexity index is 763. The van der Waals surface area contributed by atoms with Gasteiger partial charge in [0.25, 0.3) is 0 Å². The van der Waals surface area contributed by atoms with Gasteiger partial charge in [0, 0.05) is 11.6 Å². The van der Waals surface area contributed by atoms with Crippen LogP contribution in [0.1, 0.15) is 43.2 Å². The molecule has 0 unspecified atom stereocenters. The zero-order valence-corrected chi connectivity index (χ0v) is 16.1. The lowest BCUT2D eigenvalue weighted by atomic mass is 9.70. The van der Waals surface area contributed by atoms with E-state index in [-0.39, 0.29) is 5.41 Å². The monoisotopic (exact) mass is 367 g/mol.